The fourth-order valence-corrected chi connectivity index (χ4v) is 1.75. The molecule has 7 heteroatoms. The molecule has 0 spiro atoms. The van der Waals surface area contributed by atoms with E-state index in [4.69, 9.17) is 9.47 Å². The molecular weight excluding hydrogens is 277 g/mol. The molecular formula is C14H16FN3O3. The molecule has 0 saturated heterocycles. The van der Waals surface area contributed by atoms with Gasteiger partial charge < -0.3 is 9.47 Å². The second kappa shape index (κ2) is 6.83. The topological polar surface area (TPSA) is 77.1 Å². The van der Waals surface area contributed by atoms with Gasteiger partial charge in [0.25, 0.3) is 0 Å². The molecule has 6 nitrogen and oxygen atoms in total. The average molecular weight is 293 g/mol. The van der Waals surface area contributed by atoms with Gasteiger partial charge in [0.15, 0.2) is 17.3 Å². The number of carbonyl (C=O) groups is 1. The predicted octanol–water partition coefficient (Wildman–Crippen LogP) is 2.58. The van der Waals surface area contributed by atoms with Crippen molar-refractivity contribution in [1.29, 1.82) is 0 Å². The summed E-state index contributed by atoms with van der Waals surface area (Å²) in [6.07, 6.45) is 0.789. The molecule has 1 heterocycles. The van der Waals surface area contributed by atoms with Crippen molar-refractivity contribution in [3.63, 3.8) is 0 Å². The second-order valence-electron chi connectivity index (χ2n) is 4.23. The average Bonchev–Trinajstić information content (AvgIpc) is 2.95. The van der Waals surface area contributed by atoms with Gasteiger partial charge in [-0.15, -0.1) is 5.10 Å². The first-order valence-electron chi connectivity index (χ1n) is 6.68. The van der Waals surface area contributed by atoms with Gasteiger partial charge in [-0.3, -0.25) is 0 Å². The highest BCUT2D eigenvalue weighted by atomic mass is 19.1. The fraction of sp³-hybridized carbons (Fsp3) is 0.357. The Hall–Kier alpha value is -2.44. The molecule has 0 amide bonds. The number of aromatic nitrogens is 3. The van der Waals surface area contributed by atoms with E-state index in [1.807, 2.05) is 6.92 Å². The molecule has 2 aromatic rings. The van der Waals surface area contributed by atoms with Gasteiger partial charge in [0.2, 0.25) is 0 Å². The summed E-state index contributed by atoms with van der Waals surface area (Å²) in [4.78, 5) is 11.7. The SMILES string of the molecule is CCCOc1ccc(-c2n[nH]nc2C(=O)OCC)cc1F. The van der Waals surface area contributed by atoms with Gasteiger partial charge in [-0.25, -0.2) is 9.18 Å². The zero-order chi connectivity index (χ0) is 15.2. The van der Waals surface area contributed by atoms with Crippen LogP contribution in [-0.4, -0.2) is 34.6 Å². The molecule has 0 atom stereocenters. The lowest BCUT2D eigenvalue weighted by atomic mass is 10.1. The molecule has 0 saturated carbocycles. The minimum absolute atomic E-state index is 0.0264. The Kier molecular flexibility index (Phi) is 4.86. The van der Waals surface area contributed by atoms with Crippen LogP contribution < -0.4 is 4.74 Å². The van der Waals surface area contributed by atoms with Crippen molar-refractivity contribution >= 4 is 5.97 Å². The van der Waals surface area contributed by atoms with E-state index >= 15 is 0 Å². The van der Waals surface area contributed by atoms with E-state index in [-0.39, 0.29) is 23.7 Å². The number of nitrogens with one attached hydrogen (secondary N) is 1. The van der Waals surface area contributed by atoms with Crippen LogP contribution in [0.4, 0.5) is 4.39 Å². The van der Waals surface area contributed by atoms with Crippen LogP contribution >= 0.6 is 0 Å². The number of benzene rings is 1. The molecule has 0 bridgehead atoms. The van der Waals surface area contributed by atoms with Crippen molar-refractivity contribution < 1.29 is 18.7 Å². The summed E-state index contributed by atoms with van der Waals surface area (Å²) in [5.74, 6) is -0.950. The van der Waals surface area contributed by atoms with Gasteiger partial charge in [0.05, 0.1) is 13.2 Å². The molecule has 21 heavy (non-hydrogen) atoms. The van der Waals surface area contributed by atoms with Crippen LogP contribution in [0.3, 0.4) is 0 Å². The number of rotatable bonds is 6. The van der Waals surface area contributed by atoms with Crippen molar-refractivity contribution in [2.45, 2.75) is 20.3 Å². The van der Waals surface area contributed by atoms with E-state index in [0.29, 0.717) is 12.2 Å². The molecule has 112 valence electrons. The van der Waals surface area contributed by atoms with E-state index in [9.17, 15) is 9.18 Å². The van der Waals surface area contributed by atoms with Gasteiger partial charge in [-0.1, -0.05) is 6.92 Å². The van der Waals surface area contributed by atoms with Crippen LogP contribution in [0.5, 0.6) is 5.75 Å². The maximum absolute atomic E-state index is 13.9. The molecule has 0 unspecified atom stereocenters. The van der Waals surface area contributed by atoms with Crippen molar-refractivity contribution in [3.8, 4) is 17.0 Å². The smallest absolute Gasteiger partial charge is 0.361 e. The van der Waals surface area contributed by atoms with E-state index in [1.54, 1.807) is 13.0 Å². The number of carbonyl (C=O) groups excluding carboxylic acids is 1. The Labute approximate surface area is 121 Å². The second-order valence-corrected chi connectivity index (χ2v) is 4.23. The van der Waals surface area contributed by atoms with Gasteiger partial charge >= 0.3 is 5.97 Å². The summed E-state index contributed by atoms with van der Waals surface area (Å²) in [5, 5.41) is 9.98. The van der Waals surface area contributed by atoms with E-state index < -0.39 is 11.8 Å². The third-order valence-electron chi connectivity index (χ3n) is 2.68. The monoisotopic (exact) mass is 293 g/mol. The number of halogens is 1. The maximum Gasteiger partial charge on any atom is 0.361 e. The van der Waals surface area contributed by atoms with Gasteiger partial charge in [0, 0.05) is 5.56 Å². The minimum Gasteiger partial charge on any atom is -0.491 e. The van der Waals surface area contributed by atoms with Crippen molar-refractivity contribution in [3.05, 3.63) is 29.7 Å². The largest absolute Gasteiger partial charge is 0.491 e. The molecule has 2 rings (SSSR count). The van der Waals surface area contributed by atoms with E-state index in [2.05, 4.69) is 15.4 Å². The molecule has 0 aliphatic carbocycles. The Balaban J connectivity index is 2.29. The number of esters is 1. The first-order chi connectivity index (χ1) is 10.2. The molecule has 0 aliphatic heterocycles. The van der Waals surface area contributed by atoms with Crippen LogP contribution in [0.25, 0.3) is 11.3 Å². The summed E-state index contributed by atoms with van der Waals surface area (Å²) in [6, 6.07) is 4.38. The third kappa shape index (κ3) is 3.36. The van der Waals surface area contributed by atoms with Crippen molar-refractivity contribution in [1.82, 2.24) is 15.4 Å². The normalized spacial score (nSPS) is 10.4. The summed E-state index contributed by atoms with van der Waals surface area (Å²) in [6.45, 7) is 4.29. The zero-order valence-electron chi connectivity index (χ0n) is 11.9. The Bertz CT molecular complexity index is 628. The zero-order valence-corrected chi connectivity index (χ0v) is 11.9. The van der Waals surface area contributed by atoms with Gasteiger partial charge in [-0.2, -0.15) is 10.3 Å². The Morgan fingerprint density at radius 2 is 2.14 bits per heavy atom. The van der Waals surface area contributed by atoms with Crippen LogP contribution in [0.1, 0.15) is 30.8 Å². The van der Waals surface area contributed by atoms with Crippen LogP contribution in [0, 0.1) is 5.82 Å². The Morgan fingerprint density at radius 1 is 1.33 bits per heavy atom. The highest BCUT2D eigenvalue weighted by molar-refractivity contribution is 5.93. The van der Waals surface area contributed by atoms with Crippen LogP contribution in [0.2, 0.25) is 0 Å². The number of hydrogen-bond donors (Lipinski definition) is 1. The molecule has 0 fully saturated rings. The predicted molar refractivity (Wildman–Crippen MR) is 73.5 cm³/mol. The van der Waals surface area contributed by atoms with Crippen LogP contribution in [-0.2, 0) is 4.74 Å². The Morgan fingerprint density at radius 3 is 2.81 bits per heavy atom. The van der Waals surface area contributed by atoms with Crippen LogP contribution in [0.15, 0.2) is 18.2 Å². The van der Waals surface area contributed by atoms with Crippen molar-refractivity contribution in [2.24, 2.45) is 0 Å². The molecule has 0 aliphatic rings. The third-order valence-corrected chi connectivity index (χ3v) is 2.68. The molecule has 1 aromatic carbocycles. The van der Waals surface area contributed by atoms with Gasteiger partial charge in [0.1, 0.15) is 5.69 Å². The number of ether oxygens (including phenoxy) is 2. The summed E-state index contributed by atoms with van der Waals surface area (Å²) in [5.41, 5.74) is 0.695. The lowest BCUT2D eigenvalue weighted by Crippen LogP contribution is -2.07. The minimum atomic E-state index is -0.604. The lowest BCUT2D eigenvalue weighted by Gasteiger charge is -2.07. The standard InChI is InChI=1S/C14H16FN3O3/c1-3-7-21-11-6-5-9(8-10(11)15)12-13(17-18-16-12)14(19)20-4-2/h5-6,8H,3-4,7H2,1-2H3,(H,16,17,18). The summed E-state index contributed by atoms with van der Waals surface area (Å²) < 4.78 is 24.1. The number of nitrogens with zero attached hydrogens (tertiary/aromatic N) is 2. The highest BCUT2D eigenvalue weighted by Gasteiger charge is 2.20. The summed E-state index contributed by atoms with van der Waals surface area (Å²) in [7, 11) is 0. The lowest BCUT2D eigenvalue weighted by molar-refractivity contribution is 0.0520. The van der Waals surface area contributed by atoms with E-state index in [1.165, 1.54) is 12.1 Å². The summed E-state index contributed by atoms with van der Waals surface area (Å²) >= 11 is 0. The number of H-pyrrole nitrogens is 1. The quantitative estimate of drug-likeness (QED) is 0.828. The number of aromatic amines is 1. The number of hydrogen-bond acceptors (Lipinski definition) is 5. The maximum atomic E-state index is 13.9. The van der Waals surface area contributed by atoms with Gasteiger partial charge in [-0.05, 0) is 31.5 Å². The van der Waals surface area contributed by atoms with Crippen molar-refractivity contribution in [2.75, 3.05) is 13.2 Å². The first kappa shape index (κ1) is 15.0. The molecule has 1 N–H and O–H groups in total. The molecule has 1 aromatic heterocycles. The highest BCUT2D eigenvalue weighted by Crippen LogP contribution is 2.26. The first-order valence-corrected chi connectivity index (χ1v) is 6.68. The fourth-order valence-electron chi connectivity index (χ4n) is 1.75. The molecule has 0 radical (unpaired) electrons. The van der Waals surface area contributed by atoms with E-state index in [0.717, 1.165) is 6.42 Å².